The van der Waals surface area contributed by atoms with Crippen LogP contribution < -0.4 is 0 Å². The molecule has 1 saturated carbocycles. The van der Waals surface area contributed by atoms with Gasteiger partial charge in [-0.05, 0) is 79.3 Å². The Morgan fingerprint density at radius 2 is 2.19 bits per heavy atom. The Kier molecular flexibility index (Phi) is 4.31. The van der Waals surface area contributed by atoms with Gasteiger partial charge in [-0.1, -0.05) is 18.6 Å². The minimum Gasteiger partial charge on any atom is -0.393 e. The van der Waals surface area contributed by atoms with Gasteiger partial charge in [-0.15, -0.1) is 6.58 Å². The first-order valence-corrected chi connectivity index (χ1v) is 9.34. The fourth-order valence-corrected chi connectivity index (χ4v) is 4.72. The van der Waals surface area contributed by atoms with Gasteiger partial charge in [-0.25, -0.2) is 9.07 Å². The van der Waals surface area contributed by atoms with Crippen LogP contribution in [0.25, 0.3) is 11.8 Å². The minimum absolute atomic E-state index is 0.0891. The zero-order valence-electron chi connectivity index (χ0n) is 15.2. The minimum atomic E-state index is -0.308. The van der Waals surface area contributed by atoms with Crippen LogP contribution >= 0.6 is 0 Å². The van der Waals surface area contributed by atoms with Crippen LogP contribution in [0.4, 0.5) is 4.39 Å². The maximum Gasteiger partial charge on any atom is 0.123 e. The van der Waals surface area contributed by atoms with Gasteiger partial charge in [0.15, 0.2) is 0 Å². The molecule has 0 aliphatic heterocycles. The van der Waals surface area contributed by atoms with Gasteiger partial charge < -0.3 is 5.11 Å². The smallest absolute Gasteiger partial charge is 0.123 e. The molecule has 0 amide bonds. The van der Waals surface area contributed by atoms with Crippen LogP contribution in [0.1, 0.15) is 43.9 Å². The number of aromatic nitrogens is 2. The number of allylic oxidation sites excluding steroid dienone is 1. The normalized spacial score (nSPS) is 25.3. The van der Waals surface area contributed by atoms with Gasteiger partial charge in [0.1, 0.15) is 5.82 Å². The van der Waals surface area contributed by atoms with Gasteiger partial charge >= 0.3 is 0 Å². The summed E-state index contributed by atoms with van der Waals surface area (Å²) in [6.45, 7) is 6.06. The molecule has 1 heterocycles. The van der Waals surface area contributed by atoms with Crippen molar-refractivity contribution in [3.63, 3.8) is 0 Å². The second kappa shape index (κ2) is 6.51. The van der Waals surface area contributed by atoms with Crippen LogP contribution in [0.15, 0.2) is 48.7 Å². The molecule has 1 fully saturated rings. The number of fused-ring (bicyclic) bond motifs is 2. The SMILES string of the molecule is C=CC[C@H](O)C[C@H]1CCC2=Cc3c(cnn3-c3ccc(F)cc3)C[C@@]21C. The molecular formula is C22H25FN2O. The Hall–Kier alpha value is -2.20. The van der Waals surface area contributed by atoms with Crippen molar-refractivity contribution in [1.29, 1.82) is 0 Å². The highest BCUT2D eigenvalue weighted by Crippen LogP contribution is 2.54. The van der Waals surface area contributed by atoms with Gasteiger partial charge in [-0.2, -0.15) is 5.10 Å². The topological polar surface area (TPSA) is 38.1 Å². The lowest BCUT2D eigenvalue weighted by Crippen LogP contribution is -2.31. The van der Waals surface area contributed by atoms with E-state index in [0.717, 1.165) is 37.1 Å². The highest BCUT2D eigenvalue weighted by Gasteiger charge is 2.45. The average molecular weight is 352 g/mol. The van der Waals surface area contributed by atoms with E-state index in [9.17, 15) is 9.50 Å². The molecule has 0 spiro atoms. The summed E-state index contributed by atoms with van der Waals surface area (Å²) >= 11 is 0. The lowest BCUT2D eigenvalue weighted by atomic mass is 9.68. The van der Waals surface area contributed by atoms with E-state index in [1.54, 1.807) is 18.2 Å². The summed E-state index contributed by atoms with van der Waals surface area (Å²) in [5.74, 6) is 0.239. The number of rotatable bonds is 5. The molecule has 4 rings (SSSR count). The molecule has 2 aliphatic carbocycles. The second-order valence-electron chi connectivity index (χ2n) is 7.86. The van der Waals surface area contributed by atoms with Crippen LogP contribution in [-0.4, -0.2) is 21.0 Å². The Labute approximate surface area is 153 Å². The average Bonchev–Trinajstić information content (AvgIpc) is 3.14. The number of hydrogen-bond donors (Lipinski definition) is 1. The first-order valence-electron chi connectivity index (χ1n) is 9.34. The van der Waals surface area contributed by atoms with Crippen LogP contribution in [0.5, 0.6) is 0 Å². The zero-order valence-corrected chi connectivity index (χ0v) is 15.2. The summed E-state index contributed by atoms with van der Waals surface area (Å²) in [6.07, 6.45) is 10.3. The fourth-order valence-electron chi connectivity index (χ4n) is 4.72. The van der Waals surface area contributed by atoms with Crippen molar-refractivity contribution >= 4 is 6.08 Å². The maximum atomic E-state index is 13.2. The van der Waals surface area contributed by atoms with Crippen molar-refractivity contribution in [1.82, 2.24) is 9.78 Å². The van der Waals surface area contributed by atoms with Crippen molar-refractivity contribution in [2.24, 2.45) is 11.3 Å². The summed E-state index contributed by atoms with van der Waals surface area (Å²) in [5, 5.41) is 14.8. The molecule has 0 unspecified atom stereocenters. The van der Waals surface area contributed by atoms with E-state index in [4.69, 9.17) is 0 Å². The number of halogens is 1. The van der Waals surface area contributed by atoms with Crippen molar-refractivity contribution in [3.8, 4) is 5.69 Å². The van der Waals surface area contributed by atoms with Crippen molar-refractivity contribution in [3.05, 3.63) is 65.8 Å². The Morgan fingerprint density at radius 1 is 1.42 bits per heavy atom. The van der Waals surface area contributed by atoms with E-state index in [0.29, 0.717) is 12.3 Å². The highest BCUT2D eigenvalue weighted by molar-refractivity contribution is 5.61. The molecular weight excluding hydrogens is 327 g/mol. The molecule has 0 radical (unpaired) electrons. The van der Waals surface area contributed by atoms with Crippen molar-refractivity contribution in [2.45, 2.75) is 45.1 Å². The number of aliphatic hydroxyl groups is 1. The second-order valence-corrected chi connectivity index (χ2v) is 7.86. The van der Waals surface area contributed by atoms with Crippen LogP contribution in [0, 0.1) is 17.2 Å². The van der Waals surface area contributed by atoms with Gasteiger partial charge in [0.2, 0.25) is 0 Å². The molecule has 4 heteroatoms. The largest absolute Gasteiger partial charge is 0.393 e. The molecule has 26 heavy (non-hydrogen) atoms. The monoisotopic (exact) mass is 352 g/mol. The summed E-state index contributed by atoms with van der Waals surface area (Å²) in [7, 11) is 0. The first-order chi connectivity index (χ1) is 12.5. The first kappa shape index (κ1) is 17.2. The summed E-state index contributed by atoms with van der Waals surface area (Å²) in [5.41, 5.74) is 4.75. The molecule has 3 nitrogen and oxygen atoms in total. The molecule has 1 aromatic heterocycles. The Bertz CT molecular complexity index is 852. The predicted octanol–water partition coefficient (Wildman–Crippen LogP) is 4.69. The molecule has 2 aromatic rings. The number of benzene rings is 1. The van der Waals surface area contributed by atoms with Gasteiger partial charge in [0.05, 0.1) is 23.7 Å². The third-order valence-electron chi connectivity index (χ3n) is 6.22. The van der Waals surface area contributed by atoms with Gasteiger partial charge in [-0.3, -0.25) is 0 Å². The molecule has 0 saturated heterocycles. The van der Waals surface area contributed by atoms with Crippen molar-refractivity contribution < 1.29 is 9.50 Å². The lowest BCUT2D eigenvalue weighted by Gasteiger charge is -2.36. The Morgan fingerprint density at radius 3 is 2.92 bits per heavy atom. The highest BCUT2D eigenvalue weighted by atomic mass is 19.1. The number of nitrogens with zero attached hydrogens (tertiary/aromatic N) is 2. The Balaban J connectivity index is 1.64. The maximum absolute atomic E-state index is 13.2. The van der Waals surface area contributed by atoms with Gasteiger partial charge in [0.25, 0.3) is 0 Å². The number of aliphatic hydroxyl groups excluding tert-OH is 1. The molecule has 2 aliphatic rings. The van der Waals surface area contributed by atoms with Crippen molar-refractivity contribution in [2.75, 3.05) is 0 Å². The van der Waals surface area contributed by atoms with Crippen LogP contribution in [-0.2, 0) is 6.42 Å². The van der Waals surface area contributed by atoms with E-state index in [2.05, 4.69) is 24.7 Å². The van der Waals surface area contributed by atoms with Gasteiger partial charge in [0, 0.05) is 0 Å². The zero-order chi connectivity index (χ0) is 18.3. The van der Waals surface area contributed by atoms with Crippen LogP contribution in [0.3, 0.4) is 0 Å². The third kappa shape index (κ3) is 2.82. The molecule has 3 atom stereocenters. The lowest BCUT2D eigenvalue weighted by molar-refractivity contribution is 0.114. The van der Waals surface area contributed by atoms with Crippen LogP contribution in [0.2, 0.25) is 0 Å². The van der Waals surface area contributed by atoms with E-state index >= 15 is 0 Å². The summed E-state index contributed by atoms with van der Waals surface area (Å²) in [6, 6.07) is 6.46. The summed E-state index contributed by atoms with van der Waals surface area (Å²) in [4.78, 5) is 0. The molecule has 136 valence electrons. The third-order valence-corrected chi connectivity index (χ3v) is 6.22. The fraction of sp³-hybridized carbons (Fsp3) is 0.409. The predicted molar refractivity (Wildman–Crippen MR) is 101 cm³/mol. The quantitative estimate of drug-likeness (QED) is 0.793. The van der Waals surface area contributed by atoms with E-state index in [1.165, 1.54) is 23.3 Å². The molecule has 1 aromatic carbocycles. The molecule has 0 bridgehead atoms. The van der Waals surface area contributed by atoms with E-state index in [-0.39, 0.29) is 17.3 Å². The molecule has 1 N–H and O–H groups in total. The standard InChI is InChI=1S/C22H25FN2O/c1-3-4-20(26)11-16-5-6-17-12-21-15(13-22(16,17)2)14-24-25(21)19-9-7-18(23)8-10-19/h3,7-10,12,14,16,20,26H,1,4-6,11,13H2,2H3/t16-,20+,22-/m1/s1. The van der Waals surface area contributed by atoms with E-state index in [1.807, 2.05) is 10.9 Å². The summed E-state index contributed by atoms with van der Waals surface area (Å²) < 4.78 is 15.1. The van der Waals surface area contributed by atoms with E-state index < -0.39 is 0 Å². The number of hydrogen-bond acceptors (Lipinski definition) is 2.